The van der Waals surface area contributed by atoms with Gasteiger partial charge in [0.2, 0.25) is 0 Å². The maximum absolute atomic E-state index is 12.8. The molecule has 3 aromatic rings. The molecule has 0 aliphatic carbocycles. The highest BCUT2D eigenvalue weighted by Gasteiger charge is 2.19. The molecule has 0 saturated carbocycles. The van der Waals surface area contributed by atoms with Crippen molar-refractivity contribution in [1.82, 2.24) is 4.98 Å². The van der Waals surface area contributed by atoms with Gasteiger partial charge in [-0.1, -0.05) is 11.6 Å². The first-order valence-corrected chi connectivity index (χ1v) is 9.04. The van der Waals surface area contributed by atoms with Crippen LogP contribution in [-0.2, 0) is 0 Å². The monoisotopic (exact) mass is 374 g/mol. The number of carbonyl (C=O) groups excluding carboxylic acids is 1. The number of fused-ring (bicyclic) bond motifs is 1. The van der Waals surface area contributed by atoms with Crippen LogP contribution in [0.15, 0.2) is 18.2 Å². The topological polar surface area (TPSA) is 51.2 Å². The Labute approximate surface area is 155 Å². The van der Waals surface area contributed by atoms with Crippen molar-refractivity contribution >= 4 is 44.7 Å². The maximum atomic E-state index is 12.8. The van der Waals surface area contributed by atoms with Crippen LogP contribution in [0.4, 0.5) is 5.82 Å². The van der Waals surface area contributed by atoms with Gasteiger partial charge in [0.25, 0.3) is 5.91 Å². The van der Waals surface area contributed by atoms with Crippen molar-refractivity contribution in [3.8, 4) is 5.75 Å². The van der Waals surface area contributed by atoms with Crippen molar-refractivity contribution in [3.63, 3.8) is 0 Å². The van der Waals surface area contributed by atoms with E-state index >= 15 is 0 Å². The number of benzene rings is 1. The quantitative estimate of drug-likeness (QED) is 0.663. The Balaban J connectivity index is 2.00. The highest BCUT2D eigenvalue weighted by atomic mass is 35.5. The highest BCUT2D eigenvalue weighted by Crippen LogP contribution is 2.37. The number of methoxy groups -OCH3 is 1. The fraction of sp³-hybridized carbons (Fsp3) is 0.263. The number of pyridine rings is 1. The van der Waals surface area contributed by atoms with Crippen LogP contribution in [0.25, 0.3) is 10.1 Å². The second-order valence-electron chi connectivity index (χ2n) is 5.98. The standard InChI is InChI=1S/C19H19ClN2O2S/c1-9-10(2)12(4)21-18(11(9)3)22-19(23)17-16(20)14-7-6-13(24-5)8-15(14)25-17/h6-8H,1-5H3,(H,21,22,23). The van der Waals surface area contributed by atoms with Crippen molar-refractivity contribution in [2.24, 2.45) is 0 Å². The summed E-state index contributed by atoms with van der Waals surface area (Å²) in [5.74, 6) is 1.07. The summed E-state index contributed by atoms with van der Waals surface area (Å²) in [4.78, 5) is 17.8. The Morgan fingerprint density at radius 1 is 1.16 bits per heavy atom. The lowest BCUT2D eigenvalue weighted by Crippen LogP contribution is -2.14. The molecule has 130 valence electrons. The van der Waals surface area contributed by atoms with Crippen LogP contribution >= 0.6 is 22.9 Å². The zero-order valence-corrected chi connectivity index (χ0v) is 16.4. The molecule has 0 aliphatic heterocycles. The summed E-state index contributed by atoms with van der Waals surface area (Å²) >= 11 is 7.78. The summed E-state index contributed by atoms with van der Waals surface area (Å²) in [6, 6.07) is 5.58. The molecule has 4 nitrogen and oxygen atoms in total. The lowest BCUT2D eigenvalue weighted by Gasteiger charge is -2.13. The molecule has 0 aliphatic rings. The molecule has 0 radical (unpaired) electrons. The molecule has 0 saturated heterocycles. The number of hydrogen-bond donors (Lipinski definition) is 1. The predicted octanol–water partition coefficient (Wildman–Crippen LogP) is 5.44. The van der Waals surface area contributed by atoms with Gasteiger partial charge in [-0.15, -0.1) is 11.3 Å². The van der Waals surface area contributed by atoms with E-state index in [2.05, 4.69) is 10.3 Å². The van der Waals surface area contributed by atoms with Crippen molar-refractivity contribution in [2.45, 2.75) is 27.7 Å². The molecule has 1 amide bonds. The first-order valence-electron chi connectivity index (χ1n) is 7.85. The molecule has 2 heterocycles. The number of nitrogens with one attached hydrogen (secondary N) is 1. The molecule has 0 fully saturated rings. The average molecular weight is 375 g/mol. The largest absolute Gasteiger partial charge is 0.497 e. The van der Waals surface area contributed by atoms with Gasteiger partial charge in [-0.25, -0.2) is 4.98 Å². The number of hydrogen-bond acceptors (Lipinski definition) is 4. The number of halogens is 1. The molecular weight excluding hydrogens is 356 g/mol. The molecule has 0 unspecified atom stereocenters. The van der Waals surface area contributed by atoms with E-state index in [-0.39, 0.29) is 5.91 Å². The fourth-order valence-corrected chi connectivity index (χ4v) is 4.11. The minimum absolute atomic E-state index is 0.247. The number of anilines is 1. The van der Waals surface area contributed by atoms with Gasteiger partial charge in [-0.2, -0.15) is 0 Å². The third kappa shape index (κ3) is 3.10. The Hall–Kier alpha value is -2.11. The Bertz CT molecular complexity index is 995. The molecule has 0 bridgehead atoms. The zero-order valence-electron chi connectivity index (χ0n) is 14.8. The van der Waals surface area contributed by atoms with Gasteiger partial charge < -0.3 is 10.1 Å². The van der Waals surface area contributed by atoms with Gasteiger partial charge in [-0.05, 0) is 62.6 Å². The third-order valence-corrected chi connectivity index (χ3v) is 6.23. The third-order valence-electron chi connectivity index (χ3n) is 4.58. The lowest BCUT2D eigenvalue weighted by molar-refractivity contribution is 0.103. The predicted molar refractivity (Wildman–Crippen MR) is 105 cm³/mol. The van der Waals surface area contributed by atoms with Gasteiger partial charge in [0.05, 0.1) is 12.1 Å². The molecule has 6 heteroatoms. The molecular formula is C19H19ClN2O2S. The summed E-state index contributed by atoms with van der Waals surface area (Å²) in [5, 5.41) is 4.21. The Morgan fingerprint density at radius 2 is 1.88 bits per heavy atom. The number of rotatable bonds is 3. The van der Waals surface area contributed by atoms with Crippen LogP contribution < -0.4 is 10.1 Å². The van der Waals surface area contributed by atoms with Crippen molar-refractivity contribution in [1.29, 1.82) is 0 Å². The second-order valence-corrected chi connectivity index (χ2v) is 7.41. The number of ether oxygens (including phenoxy) is 1. The summed E-state index contributed by atoms with van der Waals surface area (Å²) in [6.07, 6.45) is 0. The number of nitrogens with zero attached hydrogens (tertiary/aromatic N) is 1. The zero-order chi connectivity index (χ0) is 18.3. The van der Waals surface area contributed by atoms with E-state index in [0.717, 1.165) is 38.2 Å². The fourth-order valence-electron chi connectivity index (χ4n) is 2.67. The van der Waals surface area contributed by atoms with E-state index in [1.54, 1.807) is 7.11 Å². The van der Waals surface area contributed by atoms with Crippen LogP contribution in [0.5, 0.6) is 5.75 Å². The lowest BCUT2D eigenvalue weighted by atomic mass is 10.0. The highest BCUT2D eigenvalue weighted by molar-refractivity contribution is 7.21. The number of carbonyl (C=O) groups is 1. The minimum Gasteiger partial charge on any atom is -0.497 e. The van der Waals surface area contributed by atoms with E-state index in [1.165, 1.54) is 11.3 Å². The normalized spacial score (nSPS) is 11.0. The van der Waals surface area contributed by atoms with Gasteiger partial charge in [0.1, 0.15) is 16.4 Å². The van der Waals surface area contributed by atoms with Crippen molar-refractivity contribution in [3.05, 3.63) is 50.5 Å². The summed E-state index contributed by atoms with van der Waals surface area (Å²) in [6.45, 7) is 7.97. The molecule has 1 N–H and O–H groups in total. The number of thiophene rings is 1. The summed E-state index contributed by atoms with van der Waals surface area (Å²) in [5.41, 5.74) is 4.15. The molecule has 2 aromatic heterocycles. The van der Waals surface area contributed by atoms with E-state index in [9.17, 15) is 4.79 Å². The molecule has 0 spiro atoms. The maximum Gasteiger partial charge on any atom is 0.268 e. The first kappa shape index (κ1) is 17.7. The van der Waals surface area contributed by atoms with Gasteiger partial charge >= 0.3 is 0 Å². The van der Waals surface area contributed by atoms with E-state index in [4.69, 9.17) is 16.3 Å². The van der Waals surface area contributed by atoms with Gasteiger partial charge in [0, 0.05) is 15.8 Å². The van der Waals surface area contributed by atoms with E-state index in [0.29, 0.717) is 15.7 Å². The molecule has 3 rings (SSSR count). The summed E-state index contributed by atoms with van der Waals surface area (Å²) < 4.78 is 6.15. The van der Waals surface area contributed by atoms with E-state index < -0.39 is 0 Å². The van der Waals surface area contributed by atoms with Crippen LogP contribution in [0, 0.1) is 27.7 Å². The molecule has 25 heavy (non-hydrogen) atoms. The van der Waals surface area contributed by atoms with Crippen molar-refractivity contribution < 1.29 is 9.53 Å². The van der Waals surface area contributed by atoms with Crippen LogP contribution in [0.3, 0.4) is 0 Å². The Kier molecular flexibility index (Phi) is 4.71. The second kappa shape index (κ2) is 6.65. The first-order chi connectivity index (χ1) is 11.8. The smallest absolute Gasteiger partial charge is 0.268 e. The SMILES string of the molecule is COc1ccc2c(Cl)c(C(=O)Nc3nc(C)c(C)c(C)c3C)sc2c1. The summed E-state index contributed by atoms with van der Waals surface area (Å²) in [7, 11) is 1.61. The van der Waals surface area contributed by atoms with Crippen LogP contribution in [0.1, 0.15) is 32.1 Å². The Morgan fingerprint density at radius 3 is 2.56 bits per heavy atom. The molecule has 1 aromatic carbocycles. The minimum atomic E-state index is -0.247. The van der Waals surface area contributed by atoms with E-state index in [1.807, 2.05) is 45.9 Å². The number of amides is 1. The van der Waals surface area contributed by atoms with Gasteiger partial charge in [-0.3, -0.25) is 4.79 Å². The van der Waals surface area contributed by atoms with Gasteiger partial charge in [0.15, 0.2) is 0 Å². The average Bonchev–Trinajstić information content (AvgIpc) is 2.94. The van der Waals surface area contributed by atoms with Crippen LogP contribution in [0.2, 0.25) is 5.02 Å². The van der Waals surface area contributed by atoms with Crippen LogP contribution in [-0.4, -0.2) is 18.0 Å². The molecule has 0 atom stereocenters. The number of aryl methyl sites for hydroxylation is 1. The van der Waals surface area contributed by atoms with Crippen molar-refractivity contribution in [2.75, 3.05) is 12.4 Å². The number of aromatic nitrogens is 1.